The van der Waals surface area contributed by atoms with E-state index < -0.39 is 12.1 Å². The van der Waals surface area contributed by atoms with Gasteiger partial charge < -0.3 is 18.6 Å². The van der Waals surface area contributed by atoms with E-state index in [1.165, 1.54) is 11.8 Å². The molecule has 0 saturated carbocycles. The summed E-state index contributed by atoms with van der Waals surface area (Å²) in [4.78, 5) is 24.8. The van der Waals surface area contributed by atoms with Gasteiger partial charge in [0.25, 0.3) is 0 Å². The number of carbonyl (C=O) groups is 1. The maximum atomic E-state index is 12.8. The third-order valence-electron chi connectivity index (χ3n) is 4.81. The summed E-state index contributed by atoms with van der Waals surface area (Å²) in [5.41, 5.74) is 1.24. The predicted molar refractivity (Wildman–Crippen MR) is 114 cm³/mol. The van der Waals surface area contributed by atoms with Crippen molar-refractivity contribution in [2.24, 2.45) is 0 Å². The van der Waals surface area contributed by atoms with Crippen LogP contribution in [0.2, 0.25) is 0 Å². The molecular weight excluding hydrogens is 384 g/mol. The molecule has 0 amide bonds. The molecule has 0 aliphatic rings. The van der Waals surface area contributed by atoms with Gasteiger partial charge in [-0.1, -0.05) is 26.0 Å². The van der Waals surface area contributed by atoms with Gasteiger partial charge in [-0.25, -0.2) is 4.79 Å². The Kier molecular flexibility index (Phi) is 6.77. The maximum Gasteiger partial charge on any atom is 0.347 e. The molecule has 6 heteroatoms. The highest BCUT2D eigenvalue weighted by atomic mass is 16.6. The summed E-state index contributed by atoms with van der Waals surface area (Å²) in [5, 5.41) is 0.361. The van der Waals surface area contributed by atoms with E-state index in [-0.39, 0.29) is 17.3 Å². The highest BCUT2D eigenvalue weighted by Crippen LogP contribution is 2.25. The Bertz CT molecular complexity index is 1070. The summed E-state index contributed by atoms with van der Waals surface area (Å²) in [7, 11) is 0. The van der Waals surface area contributed by atoms with Gasteiger partial charge in [-0.05, 0) is 56.5 Å². The van der Waals surface area contributed by atoms with Crippen LogP contribution in [0.3, 0.4) is 0 Å². The van der Waals surface area contributed by atoms with Crippen molar-refractivity contribution in [2.45, 2.75) is 52.7 Å². The monoisotopic (exact) mass is 410 g/mol. The van der Waals surface area contributed by atoms with E-state index in [9.17, 15) is 9.59 Å². The number of rotatable bonds is 8. The van der Waals surface area contributed by atoms with Crippen LogP contribution in [0.1, 0.15) is 39.7 Å². The van der Waals surface area contributed by atoms with Crippen molar-refractivity contribution in [2.75, 3.05) is 0 Å². The van der Waals surface area contributed by atoms with Gasteiger partial charge in [-0.2, -0.15) is 0 Å². The van der Waals surface area contributed by atoms with Crippen molar-refractivity contribution in [1.29, 1.82) is 0 Å². The summed E-state index contributed by atoms with van der Waals surface area (Å²) in [6.07, 6.45) is 1.98. The molecule has 2 atom stereocenters. The van der Waals surface area contributed by atoms with Crippen LogP contribution < -0.4 is 14.9 Å². The smallest absolute Gasteiger partial charge is 0.347 e. The van der Waals surface area contributed by atoms with E-state index in [1.54, 1.807) is 25.1 Å². The molecule has 3 rings (SSSR count). The second kappa shape index (κ2) is 9.48. The lowest BCUT2D eigenvalue weighted by atomic mass is 10.2. The molecule has 1 heterocycles. The Hall–Kier alpha value is -3.28. The number of benzene rings is 2. The molecule has 0 aliphatic carbocycles. The standard InChI is InChI=1S/C24H26O6/c1-5-15(3)28-24(26)16(4)29-19-11-12-20-21(13-19)27-14-22(23(20)25)30-18-9-7-17(6-2)8-10-18/h7-16H,5-6H2,1-4H3/t15-,16+/m0/s1. The molecule has 158 valence electrons. The molecule has 0 bridgehead atoms. The van der Waals surface area contributed by atoms with Crippen LogP contribution in [0.5, 0.6) is 17.2 Å². The van der Waals surface area contributed by atoms with Crippen LogP contribution in [-0.2, 0) is 16.0 Å². The fraction of sp³-hybridized carbons (Fsp3) is 0.333. The first kappa shape index (κ1) is 21.4. The van der Waals surface area contributed by atoms with Crippen LogP contribution in [-0.4, -0.2) is 18.2 Å². The van der Waals surface area contributed by atoms with Crippen LogP contribution in [0, 0.1) is 0 Å². The number of hydrogen-bond acceptors (Lipinski definition) is 6. The first-order valence-corrected chi connectivity index (χ1v) is 10.1. The molecule has 0 N–H and O–H groups in total. The molecule has 30 heavy (non-hydrogen) atoms. The molecule has 0 spiro atoms. The topological polar surface area (TPSA) is 75.0 Å². The molecule has 0 fully saturated rings. The summed E-state index contributed by atoms with van der Waals surface area (Å²) < 4.78 is 22.2. The number of esters is 1. The summed E-state index contributed by atoms with van der Waals surface area (Å²) in [6, 6.07) is 12.3. The van der Waals surface area contributed by atoms with Gasteiger partial charge in [0.05, 0.1) is 11.5 Å². The number of fused-ring (bicyclic) bond motifs is 1. The average Bonchev–Trinajstić information content (AvgIpc) is 2.76. The van der Waals surface area contributed by atoms with Crippen molar-refractivity contribution in [3.05, 3.63) is 64.5 Å². The zero-order chi connectivity index (χ0) is 21.7. The number of hydrogen-bond donors (Lipinski definition) is 0. The third-order valence-corrected chi connectivity index (χ3v) is 4.81. The fourth-order valence-electron chi connectivity index (χ4n) is 2.78. The van der Waals surface area contributed by atoms with Gasteiger partial charge in [-0.3, -0.25) is 4.79 Å². The first-order valence-electron chi connectivity index (χ1n) is 10.1. The Balaban J connectivity index is 1.77. The van der Waals surface area contributed by atoms with Crippen LogP contribution >= 0.6 is 0 Å². The average molecular weight is 410 g/mol. The van der Waals surface area contributed by atoms with Gasteiger partial charge in [0, 0.05) is 6.07 Å². The van der Waals surface area contributed by atoms with E-state index in [1.807, 2.05) is 38.1 Å². The van der Waals surface area contributed by atoms with Crippen molar-refractivity contribution >= 4 is 16.9 Å². The summed E-state index contributed by atoms with van der Waals surface area (Å²) >= 11 is 0. The predicted octanol–water partition coefficient (Wildman–Crippen LogP) is 5.26. The minimum atomic E-state index is -0.781. The SMILES string of the molecule is CCc1ccc(Oc2coc3cc(O[C@H](C)C(=O)O[C@@H](C)CC)ccc3c2=O)cc1. The van der Waals surface area contributed by atoms with Crippen molar-refractivity contribution in [3.63, 3.8) is 0 Å². The van der Waals surface area contributed by atoms with E-state index in [4.69, 9.17) is 18.6 Å². The van der Waals surface area contributed by atoms with Crippen molar-refractivity contribution < 1.29 is 23.4 Å². The maximum absolute atomic E-state index is 12.8. The van der Waals surface area contributed by atoms with E-state index in [0.29, 0.717) is 22.5 Å². The Labute approximate surface area is 175 Å². The third kappa shape index (κ3) is 5.00. The highest BCUT2D eigenvalue weighted by molar-refractivity contribution is 5.79. The van der Waals surface area contributed by atoms with Gasteiger partial charge in [0.2, 0.25) is 11.2 Å². The van der Waals surface area contributed by atoms with Gasteiger partial charge in [0.1, 0.15) is 23.3 Å². The molecule has 1 aromatic heterocycles. The second-order valence-corrected chi connectivity index (χ2v) is 7.10. The molecule has 0 saturated heterocycles. The Morgan fingerprint density at radius 3 is 2.40 bits per heavy atom. The zero-order valence-corrected chi connectivity index (χ0v) is 17.6. The van der Waals surface area contributed by atoms with Crippen LogP contribution in [0.4, 0.5) is 0 Å². The molecule has 2 aromatic carbocycles. The Morgan fingerprint density at radius 1 is 1.03 bits per heavy atom. The molecule has 3 aromatic rings. The Morgan fingerprint density at radius 2 is 1.73 bits per heavy atom. The molecule has 0 radical (unpaired) electrons. The zero-order valence-electron chi connectivity index (χ0n) is 17.6. The molecule has 0 unspecified atom stereocenters. The van der Waals surface area contributed by atoms with Crippen molar-refractivity contribution in [3.8, 4) is 17.2 Å². The van der Waals surface area contributed by atoms with Gasteiger partial charge >= 0.3 is 5.97 Å². The largest absolute Gasteiger partial charge is 0.479 e. The highest BCUT2D eigenvalue weighted by Gasteiger charge is 2.19. The number of carbonyl (C=O) groups excluding carboxylic acids is 1. The van der Waals surface area contributed by atoms with E-state index in [0.717, 1.165) is 12.8 Å². The lowest BCUT2D eigenvalue weighted by Gasteiger charge is -2.17. The second-order valence-electron chi connectivity index (χ2n) is 7.10. The van der Waals surface area contributed by atoms with Crippen LogP contribution in [0.15, 0.2) is 57.9 Å². The lowest BCUT2D eigenvalue weighted by Crippen LogP contribution is -2.29. The van der Waals surface area contributed by atoms with Crippen molar-refractivity contribution in [1.82, 2.24) is 0 Å². The normalized spacial score (nSPS) is 12.9. The lowest BCUT2D eigenvalue weighted by molar-refractivity contribution is -0.155. The molecule has 0 aliphatic heterocycles. The minimum Gasteiger partial charge on any atom is -0.479 e. The number of ether oxygens (including phenoxy) is 3. The van der Waals surface area contributed by atoms with Crippen LogP contribution in [0.25, 0.3) is 11.0 Å². The molecular formula is C24H26O6. The van der Waals surface area contributed by atoms with E-state index in [2.05, 4.69) is 6.92 Å². The number of aryl methyl sites for hydroxylation is 1. The minimum absolute atomic E-state index is 0.103. The fourth-order valence-corrected chi connectivity index (χ4v) is 2.78. The summed E-state index contributed by atoms with van der Waals surface area (Å²) in [5.74, 6) is 0.630. The summed E-state index contributed by atoms with van der Waals surface area (Å²) in [6.45, 7) is 7.45. The molecule has 6 nitrogen and oxygen atoms in total. The first-order chi connectivity index (χ1) is 14.4. The van der Waals surface area contributed by atoms with Gasteiger partial charge in [-0.15, -0.1) is 0 Å². The van der Waals surface area contributed by atoms with Gasteiger partial charge in [0.15, 0.2) is 6.10 Å². The van der Waals surface area contributed by atoms with E-state index >= 15 is 0 Å². The quantitative estimate of drug-likeness (QED) is 0.472.